The molecule has 1 N–H and O–H groups in total. The van der Waals surface area contributed by atoms with Crippen LogP contribution in [0.2, 0.25) is 0 Å². The summed E-state index contributed by atoms with van der Waals surface area (Å²) in [6.07, 6.45) is 1.57. The molecule has 1 aliphatic carbocycles. The molecule has 4 heteroatoms. The van der Waals surface area contributed by atoms with Gasteiger partial charge in [-0.15, -0.1) is 0 Å². The van der Waals surface area contributed by atoms with Crippen LogP contribution in [0.25, 0.3) is 0 Å². The quantitative estimate of drug-likeness (QED) is 0.729. The maximum atomic E-state index is 11.1. The second-order valence-electron chi connectivity index (χ2n) is 3.40. The van der Waals surface area contributed by atoms with Crippen molar-refractivity contribution in [2.24, 2.45) is 5.92 Å². The third kappa shape index (κ3) is 2.45. The molecule has 0 aromatic heterocycles. The number of aliphatic hydroxyl groups excluding tert-OH is 1. The normalized spacial score (nSPS) is 27.9. The molecule has 1 aliphatic rings. The van der Waals surface area contributed by atoms with E-state index in [9.17, 15) is 4.79 Å². The number of rotatable bonds is 3. The summed E-state index contributed by atoms with van der Waals surface area (Å²) >= 11 is 3.12. The third-order valence-electron chi connectivity index (χ3n) is 2.28. The summed E-state index contributed by atoms with van der Waals surface area (Å²) in [6.45, 7) is 0.779. The highest BCUT2D eigenvalue weighted by Gasteiger charge is 2.28. The molecule has 0 radical (unpaired) electrons. The van der Waals surface area contributed by atoms with Crippen molar-refractivity contribution >= 4 is 21.8 Å². The number of hydrogen-bond acceptors (Lipinski definition) is 2. The van der Waals surface area contributed by atoms with E-state index in [1.807, 2.05) is 0 Å². The molecule has 12 heavy (non-hydrogen) atoms. The van der Waals surface area contributed by atoms with Crippen LogP contribution in [-0.2, 0) is 4.79 Å². The lowest BCUT2D eigenvalue weighted by Crippen LogP contribution is -2.39. The van der Waals surface area contributed by atoms with Crippen molar-refractivity contribution in [3.63, 3.8) is 0 Å². The van der Waals surface area contributed by atoms with Gasteiger partial charge >= 0.3 is 0 Å². The van der Waals surface area contributed by atoms with E-state index in [2.05, 4.69) is 15.9 Å². The van der Waals surface area contributed by atoms with Crippen LogP contribution in [0.1, 0.15) is 12.8 Å². The first kappa shape index (κ1) is 9.99. The zero-order valence-corrected chi connectivity index (χ0v) is 8.75. The van der Waals surface area contributed by atoms with E-state index in [1.165, 1.54) is 0 Å². The molecule has 0 heterocycles. The predicted molar refractivity (Wildman–Crippen MR) is 50.2 cm³/mol. The van der Waals surface area contributed by atoms with Crippen LogP contribution in [0.15, 0.2) is 0 Å². The fourth-order valence-electron chi connectivity index (χ4n) is 1.44. The van der Waals surface area contributed by atoms with Gasteiger partial charge in [0.15, 0.2) is 0 Å². The molecular weight excluding hydrogens is 222 g/mol. The molecule has 0 unspecified atom stereocenters. The van der Waals surface area contributed by atoms with Crippen molar-refractivity contribution in [1.82, 2.24) is 4.90 Å². The minimum absolute atomic E-state index is 0.108. The molecule has 3 nitrogen and oxygen atoms in total. The minimum atomic E-state index is -0.123. The van der Waals surface area contributed by atoms with Gasteiger partial charge in [0.2, 0.25) is 5.91 Å². The molecule has 0 aromatic carbocycles. The maximum absolute atomic E-state index is 11.1. The Kier molecular flexibility index (Phi) is 3.53. The van der Waals surface area contributed by atoms with Crippen LogP contribution in [0.4, 0.5) is 0 Å². The van der Waals surface area contributed by atoms with Crippen LogP contribution < -0.4 is 0 Å². The molecule has 1 rings (SSSR count). The first-order valence-electron chi connectivity index (χ1n) is 4.11. The van der Waals surface area contributed by atoms with Crippen LogP contribution >= 0.6 is 15.9 Å². The maximum Gasteiger partial charge on any atom is 0.232 e. The van der Waals surface area contributed by atoms with Crippen LogP contribution in [0, 0.1) is 5.92 Å². The van der Waals surface area contributed by atoms with Crippen molar-refractivity contribution in [2.45, 2.75) is 18.9 Å². The Morgan fingerprint density at radius 2 is 2.25 bits per heavy atom. The Balaban J connectivity index is 2.18. The molecule has 0 bridgehead atoms. The molecule has 1 amide bonds. The molecule has 70 valence electrons. The number of alkyl halides is 1. The molecule has 0 saturated heterocycles. The first-order valence-corrected chi connectivity index (χ1v) is 5.23. The standard InChI is InChI=1S/C8H14BrNO2/c1-10(8(12)4-9)5-6-2-7(11)3-6/h6-7,11H,2-5H2,1H3. The van der Waals surface area contributed by atoms with Gasteiger partial charge in [-0.05, 0) is 18.8 Å². The van der Waals surface area contributed by atoms with Gasteiger partial charge in [-0.2, -0.15) is 0 Å². The number of carbonyl (C=O) groups excluding carboxylic acids is 1. The fraction of sp³-hybridized carbons (Fsp3) is 0.875. The highest BCUT2D eigenvalue weighted by Crippen LogP contribution is 2.27. The Hall–Kier alpha value is -0.0900. The molecule has 0 spiro atoms. The van der Waals surface area contributed by atoms with Gasteiger partial charge in [0.05, 0.1) is 11.4 Å². The third-order valence-corrected chi connectivity index (χ3v) is 2.76. The van der Waals surface area contributed by atoms with Gasteiger partial charge in [0.1, 0.15) is 0 Å². The highest BCUT2D eigenvalue weighted by molar-refractivity contribution is 9.09. The monoisotopic (exact) mass is 235 g/mol. The Morgan fingerprint density at radius 3 is 2.67 bits per heavy atom. The zero-order chi connectivity index (χ0) is 9.14. The van der Waals surface area contributed by atoms with Gasteiger partial charge < -0.3 is 10.0 Å². The van der Waals surface area contributed by atoms with Gasteiger partial charge in [-0.25, -0.2) is 0 Å². The van der Waals surface area contributed by atoms with Crippen molar-refractivity contribution in [3.05, 3.63) is 0 Å². The van der Waals surface area contributed by atoms with Crippen molar-refractivity contribution in [2.75, 3.05) is 18.9 Å². The van der Waals surface area contributed by atoms with Crippen LogP contribution in [0.5, 0.6) is 0 Å². The van der Waals surface area contributed by atoms with E-state index < -0.39 is 0 Å². The minimum Gasteiger partial charge on any atom is -0.393 e. The highest BCUT2D eigenvalue weighted by atomic mass is 79.9. The molecule has 0 aliphatic heterocycles. The number of amides is 1. The van der Waals surface area contributed by atoms with Crippen LogP contribution in [0.3, 0.4) is 0 Å². The second kappa shape index (κ2) is 4.23. The lowest BCUT2D eigenvalue weighted by Gasteiger charge is -2.34. The largest absolute Gasteiger partial charge is 0.393 e. The van der Waals surface area contributed by atoms with E-state index in [1.54, 1.807) is 11.9 Å². The summed E-state index contributed by atoms with van der Waals surface area (Å²) in [5.74, 6) is 0.615. The summed E-state index contributed by atoms with van der Waals surface area (Å²) in [5, 5.41) is 9.40. The Labute approximate surface area is 80.9 Å². The number of hydrogen-bond donors (Lipinski definition) is 1. The average Bonchev–Trinajstić information content (AvgIpc) is 2.00. The van der Waals surface area contributed by atoms with Crippen LogP contribution in [-0.4, -0.2) is 40.9 Å². The van der Waals surface area contributed by atoms with E-state index in [0.29, 0.717) is 11.2 Å². The lowest BCUT2D eigenvalue weighted by atomic mass is 9.82. The fourth-order valence-corrected chi connectivity index (χ4v) is 1.87. The van der Waals surface area contributed by atoms with Crippen molar-refractivity contribution in [3.8, 4) is 0 Å². The Bertz CT molecular complexity index is 168. The summed E-state index contributed by atoms with van der Waals surface area (Å²) in [6, 6.07) is 0. The smallest absolute Gasteiger partial charge is 0.232 e. The van der Waals surface area contributed by atoms with Gasteiger partial charge in [0, 0.05) is 13.6 Å². The lowest BCUT2D eigenvalue weighted by molar-refractivity contribution is -0.128. The summed E-state index contributed by atoms with van der Waals surface area (Å²) in [5.41, 5.74) is 0. The van der Waals surface area contributed by atoms with Gasteiger partial charge in [-0.1, -0.05) is 15.9 Å². The molecule has 1 saturated carbocycles. The molecule has 0 atom stereocenters. The summed E-state index contributed by atoms with van der Waals surface area (Å²) in [4.78, 5) is 12.8. The number of aliphatic hydroxyl groups is 1. The number of carbonyl (C=O) groups is 1. The first-order chi connectivity index (χ1) is 5.63. The molecular formula is C8H14BrNO2. The van der Waals surface area contributed by atoms with Gasteiger partial charge in [-0.3, -0.25) is 4.79 Å². The molecule has 1 fully saturated rings. The van der Waals surface area contributed by atoms with E-state index in [4.69, 9.17) is 5.11 Å². The SMILES string of the molecule is CN(CC1CC(O)C1)C(=O)CBr. The van der Waals surface area contributed by atoms with Crippen molar-refractivity contribution < 1.29 is 9.90 Å². The molecule has 0 aromatic rings. The Morgan fingerprint density at radius 1 is 1.67 bits per heavy atom. The second-order valence-corrected chi connectivity index (χ2v) is 3.96. The van der Waals surface area contributed by atoms with E-state index in [-0.39, 0.29) is 12.0 Å². The van der Waals surface area contributed by atoms with Gasteiger partial charge in [0.25, 0.3) is 0 Å². The van der Waals surface area contributed by atoms with E-state index >= 15 is 0 Å². The summed E-state index contributed by atoms with van der Waals surface area (Å²) in [7, 11) is 1.80. The van der Waals surface area contributed by atoms with E-state index in [0.717, 1.165) is 19.4 Å². The van der Waals surface area contributed by atoms with Crippen molar-refractivity contribution in [1.29, 1.82) is 0 Å². The topological polar surface area (TPSA) is 40.5 Å². The average molecular weight is 236 g/mol. The number of halogens is 1. The number of nitrogens with zero attached hydrogens (tertiary/aromatic N) is 1. The predicted octanol–water partition coefficient (Wildman–Crippen LogP) is 0.611. The summed E-state index contributed by atoms with van der Waals surface area (Å²) < 4.78 is 0. The zero-order valence-electron chi connectivity index (χ0n) is 7.16.